The Morgan fingerprint density at radius 2 is 1.50 bits per heavy atom. The van der Waals surface area contributed by atoms with E-state index in [0.717, 1.165) is 5.56 Å². The van der Waals surface area contributed by atoms with Crippen molar-refractivity contribution in [2.45, 2.75) is 13.3 Å². The average molecular weight is 337 g/mol. The fourth-order valence-electron chi connectivity index (χ4n) is 1.85. The number of carbonyl (C=O) groups excluding carboxylic acids is 2. The number of rotatable bonds is 4. The standard InChI is InChI=1S/C16H14Cl2N2O2/c1-10-5-2-3-8-13(10)19-14(21)9-15(22)20-16-11(17)6-4-7-12(16)18/h2-8H,9H2,1H3,(H,19,21)(H,20,22). The van der Waals surface area contributed by atoms with Crippen molar-refractivity contribution in [3.8, 4) is 0 Å². The van der Waals surface area contributed by atoms with Crippen molar-refractivity contribution < 1.29 is 9.59 Å². The number of aryl methyl sites for hydroxylation is 1. The summed E-state index contributed by atoms with van der Waals surface area (Å²) in [6.45, 7) is 1.87. The van der Waals surface area contributed by atoms with Gasteiger partial charge in [0.1, 0.15) is 6.42 Å². The van der Waals surface area contributed by atoms with Crippen LogP contribution in [0.4, 0.5) is 11.4 Å². The van der Waals surface area contributed by atoms with Crippen molar-refractivity contribution in [1.82, 2.24) is 0 Å². The summed E-state index contributed by atoms with van der Waals surface area (Å²) in [6.07, 6.45) is -0.324. The van der Waals surface area contributed by atoms with E-state index in [0.29, 0.717) is 21.4 Å². The van der Waals surface area contributed by atoms with Gasteiger partial charge in [0.15, 0.2) is 0 Å². The van der Waals surface area contributed by atoms with E-state index in [4.69, 9.17) is 23.2 Å². The lowest BCUT2D eigenvalue weighted by Gasteiger charge is -2.10. The molecule has 0 radical (unpaired) electrons. The van der Waals surface area contributed by atoms with Crippen LogP contribution in [0.5, 0.6) is 0 Å². The van der Waals surface area contributed by atoms with Crippen LogP contribution in [0.25, 0.3) is 0 Å². The maximum atomic E-state index is 11.9. The van der Waals surface area contributed by atoms with E-state index < -0.39 is 11.8 Å². The van der Waals surface area contributed by atoms with Crippen molar-refractivity contribution in [2.24, 2.45) is 0 Å². The number of para-hydroxylation sites is 2. The molecule has 0 bridgehead atoms. The largest absolute Gasteiger partial charge is 0.325 e. The van der Waals surface area contributed by atoms with Crippen LogP contribution in [0.2, 0.25) is 10.0 Å². The summed E-state index contributed by atoms with van der Waals surface area (Å²) >= 11 is 11.9. The predicted octanol–water partition coefficient (Wildman–Crippen LogP) is 4.27. The van der Waals surface area contributed by atoms with Crippen molar-refractivity contribution in [1.29, 1.82) is 0 Å². The Hall–Kier alpha value is -2.04. The van der Waals surface area contributed by atoms with E-state index in [1.54, 1.807) is 24.3 Å². The van der Waals surface area contributed by atoms with Crippen LogP contribution in [0, 0.1) is 6.92 Å². The highest BCUT2D eigenvalue weighted by Gasteiger charge is 2.14. The lowest BCUT2D eigenvalue weighted by molar-refractivity contribution is -0.123. The van der Waals surface area contributed by atoms with E-state index in [1.807, 2.05) is 25.1 Å². The summed E-state index contributed by atoms with van der Waals surface area (Å²) < 4.78 is 0. The third-order valence-corrected chi connectivity index (χ3v) is 3.60. The zero-order valence-corrected chi connectivity index (χ0v) is 13.3. The number of hydrogen-bond donors (Lipinski definition) is 2. The molecule has 0 fully saturated rings. The molecule has 0 unspecified atom stereocenters. The minimum atomic E-state index is -0.485. The summed E-state index contributed by atoms with van der Waals surface area (Å²) in [6, 6.07) is 12.2. The monoisotopic (exact) mass is 336 g/mol. The molecule has 4 nitrogen and oxygen atoms in total. The first kappa shape index (κ1) is 16.3. The summed E-state index contributed by atoms with van der Waals surface area (Å²) in [5, 5.41) is 5.88. The van der Waals surface area contributed by atoms with E-state index in [1.165, 1.54) is 0 Å². The normalized spacial score (nSPS) is 10.1. The zero-order chi connectivity index (χ0) is 16.1. The number of benzene rings is 2. The summed E-state index contributed by atoms with van der Waals surface area (Å²) in [5.41, 5.74) is 1.90. The van der Waals surface area contributed by atoms with Gasteiger partial charge >= 0.3 is 0 Å². The predicted molar refractivity (Wildman–Crippen MR) is 89.5 cm³/mol. The Morgan fingerprint density at radius 1 is 0.909 bits per heavy atom. The van der Waals surface area contributed by atoms with Gasteiger partial charge in [0.25, 0.3) is 0 Å². The Kier molecular flexibility index (Phi) is 5.41. The van der Waals surface area contributed by atoms with Crippen molar-refractivity contribution in [2.75, 3.05) is 10.6 Å². The highest BCUT2D eigenvalue weighted by molar-refractivity contribution is 6.39. The van der Waals surface area contributed by atoms with Gasteiger partial charge in [-0.3, -0.25) is 9.59 Å². The maximum absolute atomic E-state index is 11.9. The van der Waals surface area contributed by atoms with E-state index in [9.17, 15) is 9.59 Å². The third-order valence-electron chi connectivity index (χ3n) is 2.97. The van der Waals surface area contributed by atoms with Crippen LogP contribution < -0.4 is 10.6 Å². The second-order valence-electron chi connectivity index (χ2n) is 4.68. The lowest BCUT2D eigenvalue weighted by Crippen LogP contribution is -2.22. The molecule has 22 heavy (non-hydrogen) atoms. The van der Waals surface area contributed by atoms with E-state index >= 15 is 0 Å². The molecule has 2 aromatic carbocycles. The number of nitrogens with one attached hydrogen (secondary N) is 2. The zero-order valence-electron chi connectivity index (χ0n) is 11.8. The number of halogens is 2. The van der Waals surface area contributed by atoms with Gasteiger partial charge in [0.2, 0.25) is 11.8 Å². The molecule has 2 aromatic rings. The van der Waals surface area contributed by atoms with Crippen LogP contribution in [0.1, 0.15) is 12.0 Å². The Bertz CT molecular complexity index is 697. The van der Waals surface area contributed by atoms with Crippen LogP contribution in [0.3, 0.4) is 0 Å². The summed E-state index contributed by atoms with van der Waals surface area (Å²) in [4.78, 5) is 23.8. The number of carbonyl (C=O) groups is 2. The first-order valence-electron chi connectivity index (χ1n) is 6.56. The van der Waals surface area contributed by atoms with E-state index in [-0.39, 0.29) is 6.42 Å². The molecule has 0 saturated heterocycles. The molecule has 0 aliphatic carbocycles. The van der Waals surface area contributed by atoms with Crippen LogP contribution >= 0.6 is 23.2 Å². The molecule has 6 heteroatoms. The highest BCUT2D eigenvalue weighted by atomic mass is 35.5. The maximum Gasteiger partial charge on any atom is 0.233 e. The van der Waals surface area contributed by atoms with Gasteiger partial charge in [-0.25, -0.2) is 0 Å². The molecule has 0 spiro atoms. The molecule has 0 saturated carbocycles. The Morgan fingerprint density at radius 3 is 2.14 bits per heavy atom. The molecule has 0 aliphatic rings. The number of amides is 2. The van der Waals surface area contributed by atoms with Gasteiger partial charge < -0.3 is 10.6 Å². The summed E-state index contributed by atoms with van der Waals surface area (Å²) in [7, 11) is 0. The molecule has 114 valence electrons. The quantitative estimate of drug-likeness (QED) is 0.819. The Labute approximate surface area is 138 Å². The van der Waals surface area contributed by atoms with Gasteiger partial charge in [-0.2, -0.15) is 0 Å². The molecule has 0 aromatic heterocycles. The van der Waals surface area contributed by atoms with Crippen molar-refractivity contribution >= 4 is 46.4 Å². The van der Waals surface area contributed by atoms with Gasteiger partial charge in [0, 0.05) is 5.69 Å². The molecular formula is C16H14Cl2N2O2. The topological polar surface area (TPSA) is 58.2 Å². The Balaban J connectivity index is 1.98. The van der Waals surface area contributed by atoms with Crippen molar-refractivity contribution in [3.63, 3.8) is 0 Å². The summed E-state index contributed by atoms with van der Waals surface area (Å²) in [5.74, 6) is -0.893. The molecule has 2 N–H and O–H groups in total. The molecule has 2 amide bonds. The second-order valence-corrected chi connectivity index (χ2v) is 5.50. The van der Waals surface area contributed by atoms with Gasteiger partial charge in [-0.05, 0) is 30.7 Å². The van der Waals surface area contributed by atoms with Gasteiger partial charge in [-0.15, -0.1) is 0 Å². The molecule has 0 heterocycles. The number of hydrogen-bond acceptors (Lipinski definition) is 2. The smallest absolute Gasteiger partial charge is 0.233 e. The minimum absolute atomic E-state index is 0.305. The van der Waals surface area contributed by atoms with Crippen LogP contribution in [-0.2, 0) is 9.59 Å². The minimum Gasteiger partial charge on any atom is -0.325 e. The van der Waals surface area contributed by atoms with Gasteiger partial charge in [0.05, 0.1) is 15.7 Å². The van der Waals surface area contributed by atoms with Crippen molar-refractivity contribution in [3.05, 3.63) is 58.1 Å². The molecular weight excluding hydrogens is 323 g/mol. The first-order chi connectivity index (χ1) is 10.5. The lowest BCUT2D eigenvalue weighted by atomic mass is 10.2. The number of anilines is 2. The first-order valence-corrected chi connectivity index (χ1v) is 7.32. The third kappa shape index (κ3) is 4.23. The van der Waals surface area contributed by atoms with E-state index in [2.05, 4.69) is 10.6 Å². The highest BCUT2D eigenvalue weighted by Crippen LogP contribution is 2.29. The molecule has 0 aliphatic heterocycles. The molecule has 0 atom stereocenters. The fourth-order valence-corrected chi connectivity index (χ4v) is 2.35. The van der Waals surface area contributed by atoms with Crippen LogP contribution in [0.15, 0.2) is 42.5 Å². The average Bonchev–Trinajstić information content (AvgIpc) is 2.45. The van der Waals surface area contributed by atoms with Gasteiger partial charge in [-0.1, -0.05) is 47.5 Å². The SMILES string of the molecule is Cc1ccccc1NC(=O)CC(=O)Nc1c(Cl)cccc1Cl. The second kappa shape index (κ2) is 7.29. The fraction of sp³-hybridized carbons (Fsp3) is 0.125. The van der Waals surface area contributed by atoms with Crippen LogP contribution in [-0.4, -0.2) is 11.8 Å². The molecule has 2 rings (SSSR count).